The summed E-state index contributed by atoms with van der Waals surface area (Å²) in [7, 11) is -2.62. The Bertz CT molecular complexity index is 1240. The van der Waals surface area contributed by atoms with Gasteiger partial charge >= 0.3 is 0 Å². The number of ether oxygens (including phenoxy) is 1. The second-order valence-corrected chi connectivity index (χ2v) is 8.70. The highest BCUT2D eigenvalue weighted by Crippen LogP contribution is 2.33. The van der Waals surface area contributed by atoms with Crippen LogP contribution in [0.2, 0.25) is 0 Å². The molecule has 9 nitrogen and oxygen atoms in total. The number of nitrogens with zero attached hydrogens (tertiary/aromatic N) is 2. The van der Waals surface area contributed by atoms with Crippen LogP contribution in [0.25, 0.3) is 10.8 Å². The highest BCUT2D eigenvalue weighted by molar-refractivity contribution is 7.92. The lowest BCUT2D eigenvalue weighted by Gasteiger charge is -2.23. The minimum Gasteiger partial charge on any atom is -0.495 e. The third-order valence-electron chi connectivity index (χ3n) is 4.69. The van der Waals surface area contributed by atoms with Crippen LogP contribution in [0.1, 0.15) is 5.56 Å². The minimum atomic E-state index is -3.94. The van der Waals surface area contributed by atoms with Crippen molar-refractivity contribution in [1.29, 1.82) is 0 Å². The van der Waals surface area contributed by atoms with Crippen LogP contribution < -0.4 is 14.4 Å². The first-order valence-electron chi connectivity index (χ1n) is 9.24. The summed E-state index contributed by atoms with van der Waals surface area (Å²) in [6, 6.07) is 17.0. The van der Waals surface area contributed by atoms with Gasteiger partial charge in [-0.3, -0.25) is 19.2 Å². The highest BCUT2D eigenvalue weighted by atomic mass is 32.2. The first-order valence-corrected chi connectivity index (χ1v) is 11.1. The molecule has 0 aromatic heterocycles. The number of methoxy groups -OCH3 is 1. The molecule has 3 aromatic carbocycles. The van der Waals surface area contributed by atoms with Gasteiger partial charge in [0.1, 0.15) is 18.0 Å². The summed E-state index contributed by atoms with van der Waals surface area (Å²) in [6.07, 6.45) is 0.920. The fourth-order valence-electron chi connectivity index (χ4n) is 3.19. The number of nitrogens with one attached hydrogen (secondary N) is 1. The van der Waals surface area contributed by atoms with Gasteiger partial charge in [0.2, 0.25) is 15.9 Å². The molecule has 0 aliphatic heterocycles. The third kappa shape index (κ3) is 5.10. The molecule has 162 valence electrons. The summed E-state index contributed by atoms with van der Waals surface area (Å²) < 4.78 is 30.7. The Hall–Kier alpha value is -3.66. The van der Waals surface area contributed by atoms with E-state index in [4.69, 9.17) is 4.74 Å². The molecule has 0 radical (unpaired) electrons. The van der Waals surface area contributed by atoms with E-state index in [0.717, 1.165) is 33.0 Å². The largest absolute Gasteiger partial charge is 0.495 e. The molecule has 0 saturated heterocycles. The van der Waals surface area contributed by atoms with Crippen molar-refractivity contribution in [2.24, 2.45) is 0 Å². The molecule has 0 aliphatic rings. The molecular formula is C21H21N3O6S. The average Bonchev–Trinajstić information content (AvgIpc) is 2.74. The second-order valence-electron chi connectivity index (χ2n) is 6.80. The number of anilines is 1. The molecule has 0 bridgehead atoms. The molecule has 3 rings (SSSR count). The molecule has 1 N–H and O–H groups in total. The topological polar surface area (TPSA) is 119 Å². The molecule has 3 aromatic rings. The van der Waals surface area contributed by atoms with Crippen LogP contribution in [0.3, 0.4) is 0 Å². The maximum absolute atomic E-state index is 12.6. The van der Waals surface area contributed by atoms with Gasteiger partial charge in [-0.1, -0.05) is 42.5 Å². The Labute approximate surface area is 179 Å². The van der Waals surface area contributed by atoms with Crippen LogP contribution in [0, 0.1) is 10.1 Å². The average molecular weight is 443 g/mol. The number of amides is 1. The number of nitro groups is 1. The number of hydrogen-bond acceptors (Lipinski definition) is 6. The normalized spacial score (nSPS) is 11.2. The van der Waals surface area contributed by atoms with E-state index in [0.29, 0.717) is 0 Å². The number of carbonyl (C=O) groups excluding carboxylic acids is 1. The van der Waals surface area contributed by atoms with Crippen molar-refractivity contribution in [1.82, 2.24) is 5.32 Å². The van der Waals surface area contributed by atoms with E-state index < -0.39 is 27.4 Å². The summed E-state index contributed by atoms with van der Waals surface area (Å²) in [5, 5.41) is 15.8. The number of fused-ring (bicyclic) bond motifs is 1. The van der Waals surface area contributed by atoms with E-state index in [9.17, 15) is 23.3 Å². The number of sulfonamides is 1. The molecule has 0 unspecified atom stereocenters. The Kier molecular flexibility index (Phi) is 6.40. The fourth-order valence-corrected chi connectivity index (χ4v) is 4.05. The van der Waals surface area contributed by atoms with Gasteiger partial charge in [-0.15, -0.1) is 0 Å². The van der Waals surface area contributed by atoms with Crippen LogP contribution in [0.15, 0.2) is 60.7 Å². The van der Waals surface area contributed by atoms with E-state index in [1.807, 2.05) is 42.5 Å². The van der Waals surface area contributed by atoms with Crippen LogP contribution >= 0.6 is 0 Å². The first kappa shape index (κ1) is 22.0. The zero-order chi connectivity index (χ0) is 22.6. The van der Waals surface area contributed by atoms with Crippen LogP contribution in [-0.2, 0) is 21.4 Å². The predicted octanol–water partition coefficient (Wildman–Crippen LogP) is 2.84. The Morgan fingerprint density at radius 2 is 1.84 bits per heavy atom. The number of benzene rings is 3. The predicted molar refractivity (Wildman–Crippen MR) is 118 cm³/mol. The molecule has 10 heteroatoms. The van der Waals surface area contributed by atoms with Gasteiger partial charge in [0.15, 0.2) is 0 Å². The lowest BCUT2D eigenvalue weighted by molar-refractivity contribution is -0.384. The van der Waals surface area contributed by atoms with E-state index in [1.165, 1.54) is 19.2 Å². The van der Waals surface area contributed by atoms with Crippen molar-refractivity contribution in [3.63, 3.8) is 0 Å². The Balaban J connectivity index is 1.84. The zero-order valence-corrected chi connectivity index (χ0v) is 17.8. The maximum atomic E-state index is 12.6. The van der Waals surface area contributed by atoms with Crippen molar-refractivity contribution in [2.75, 3.05) is 24.2 Å². The second kappa shape index (κ2) is 9.00. The molecular weight excluding hydrogens is 422 g/mol. The molecule has 0 heterocycles. The van der Waals surface area contributed by atoms with E-state index in [2.05, 4.69) is 5.32 Å². The van der Waals surface area contributed by atoms with Crippen molar-refractivity contribution >= 4 is 38.1 Å². The first-order chi connectivity index (χ1) is 14.7. The van der Waals surface area contributed by atoms with Crippen LogP contribution in [-0.4, -0.2) is 39.2 Å². The Morgan fingerprint density at radius 3 is 2.52 bits per heavy atom. The minimum absolute atomic E-state index is 0.0838. The lowest BCUT2D eigenvalue weighted by atomic mass is 10.0. The van der Waals surface area contributed by atoms with Crippen LogP contribution in [0.4, 0.5) is 11.4 Å². The van der Waals surface area contributed by atoms with Gasteiger partial charge in [0, 0.05) is 18.7 Å². The number of carbonyl (C=O) groups is 1. The van der Waals surface area contributed by atoms with Gasteiger partial charge in [0.05, 0.1) is 18.3 Å². The monoisotopic (exact) mass is 443 g/mol. The number of hydrogen-bond donors (Lipinski definition) is 1. The molecule has 0 saturated carbocycles. The van der Waals surface area contributed by atoms with Crippen molar-refractivity contribution < 1.29 is 22.9 Å². The van der Waals surface area contributed by atoms with Crippen LogP contribution in [0.5, 0.6) is 5.75 Å². The summed E-state index contributed by atoms with van der Waals surface area (Å²) in [5.74, 6) is -0.468. The number of rotatable bonds is 8. The molecule has 31 heavy (non-hydrogen) atoms. The smallest absolute Gasteiger partial charge is 0.271 e. The van der Waals surface area contributed by atoms with Crippen molar-refractivity contribution in [3.8, 4) is 5.75 Å². The number of nitro benzene ring substituents is 1. The quantitative estimate of drug-likeness (QED) is 0.422. The fraction of sp³-hybridized carbons (Fsp3) is 0.190. The maximum Gasteiger partial charge on any atom is 0.271 e. The summed E-state index contributed by atoms with van der Waals surface area (Å²) in [4.78, 5) is 23.1. The van der Waals surface area contributed by atoms with Gasteiger partial charge in [-0.25, -0.2) is 8.42 Å². The van der Waals surface area contributed by atoms with E-state index in [-0.39, 0.29) is 23.7 Å². The molecule has 0 spiro atoms. The zero-order valence-electron chi connectivity index (χ0n) is 16.9. The van der Waals surface area contributed by atoms with E-state index in [1.54, 1.807) is 0 Å². The molecule has 0 aliphatic carbocycles. The molecule has 0 fully saturated rings. The molecule has 1 amide bonds. The lowest BCUT2D eigenvalue weighted by Crippen LogP contribution is -2.40. The van der Waals surface area contributed by atoms with Gasteiger partial charge in [0.25, 0.3) is 5.69 Å². The van der Waals surface area contributed by atoms with Crippen molar-refractivity contribution in [3.05, 3.63) is 76.3 Å². The summed E-state index contributed by atoms with van der Waals surface area (Å²) >= 11 is 0. The summed E-state index contributed by atoms with van der Waals surface area (Å²) in [6.45, 7) is -0.356. The van der Waals surface area contributed by atoms with Crippen molar-refractivity contribution in [2.45, 2.75) is 6.54 Å². The molecule has 0 atom stereocenters. The van der Waals surface area contributed by atoms with Gasteiger partial charge in [-0.2, -0.15) is 0 Å². The van der Waals surface area contributed by atoms with Gasteiger partial charge in [-0.05, 0) is 22.4 Å². The summed E-state index contributed by atoms with van der Waals surface area (Å²) in [5.41, 5.74) is 0.477. The van der Waals surface area contributed by atoms with E-state index >= 15 is 0 Å². The third-order valence-corrected chi connectivity index (χ3v) is 5.81. The standard InChI is InChI=1S/C21H21N3O6S/c1-30-20-11-10-17(24(26)27)12-19(20)23(31(2,28)29)14-21(25)22-13-16-8-5-7-15-6-3-4-9-18(15)16/h3-12H,13-14H2,1-2H3,(H,22,25). The SMILES string of the molecule is COc1ccc([N+](=O)[O-])cc1N(CC(=O)NCc1cccc2ccccc12)S(C)(=O)=O. The highest BCUT2D eigenvalue weighted by Gasteiger charge is 2.26. The number of non-ortho nitro benzene ring substituents is 1. The van der Waals surface area contributed by atoms with Gasteiger partial charge < -0.3 is 10.1 Å². The Morgan fingerprint density at radius 1 is 1.13 bits per heavy atom.